The Morgan fingerprint density at radius 3 is 2.24 bits per heavy atom. The number of rotatable bonds is 8. The molecule has 1 aromatic heterocycles. The minimum Gasteiger partial charge on any atom is -0.497 e. The van der Waals surface area contributed by atoms with Crippen molar-refractivity contribution in [2.24, 2.45) is 4.99 Å². The summed E-state index contributed by atoms with van der Waals surface area (Å²) in [6.45, 7) is 0.756. The van der Waals surface area contributed by atoms with E-state index < -0.39 is 0 Å². The predicted octanol–water partition coefficient (Wildman–Crippen LogP) is 6.37. The molecule has 0 aliphatic rings. The van der Waals surface area contributed by atoms with Gasteiger partial charge < -0.3 is 18.8 Å². The highest BCUT2D eigenvalue weighted by molar-refractivity contribution is 7.07. The summed E-state index contributed by atoms with van der Waals surface area (Å²) in [5.74, 6) is 2.26. The van der Waals surface area contributed by atoms with Crippen molar-refractivity contribution in [3.63, 3.8) is 0 Å². The largest absolute Gasteiger partial charge is 0.497 e. The van der Waals surface area contributed by atoms with Crippen LogP contribution in [0.5, 0.6) is 17.2 Å². The Morgan fingerprint density at radius 1 is 0.848 bits per heavy atom. The Morgan fingerprint density at radius 2 is 1.58 bits per heavy atom. The summed E-state index contributed by atoms with van der Waals surface area (Å²) in [5, 5.41) is 2.86. The van der Waals surface area contributed by atoms with Gasteiger partial charge >= 0.3 is 0 Å². The van der Waals surface area contributed by atoms with Crippen molar-refractivity contribution >= 4 is 28.6 Å². The van der Waals surface area contributed by atoms with Gasteiger partial charge in [-0.15, -0.1) is 11.3 Å². The van der Waals surface area contributed by atoms with E-state index in [2.05, 4.69) is 16.0 Å². The maximum absolute atomic E-state index is 6.12. The first-order chi connectivity index (χ1) is 16.1. The minimum absolute atomic E-state index is 0.717. The number of aryl methyl sites for hydroxylation is 1. The molecule has 0 aliphatic carbocycles. The van der Waals surface area contributed by atoms with Gasteiger partial charge in [-0.05, 0) is 66.1 Å². The molecule has 0 saturated heterocycles. The zero-order valence-corrected chi connectivity index (χ0v) is 20.3. The van der Waals surface area contributed by atoms with E-state index in [1.807, 2.05) is 60.7 Å². The molecule has 170 valence electrons. The number of hydrogen-bond donors (Lipinski definition) is 0. The lowest BCUT2D eigenvalue weighted by Gasteiger charge is -2.12. The van der Waals surface area contributed by atoms with Crippen LogP contribution in [0.2, 0.25) is 5.02 Å². The van der Waals surface area contributed by atoms with Gasteiger partial charge in [0.2, 0.25) is 0 Å². The van der Waals surface area contributed by atoms with Gasteiger partial charge in [-0.2, -0.15) is 0 Å². The molecule has 0 radical (unpaired) electrons. The Labute approximate surface area is 202 Å². The summed E-state index contributed by atoms with van der Waals surface area (Å²) in [6, 6.07) is 21.7. The SMILES string of the molecule is COc1ccc(N=c2scc(-c3ccc(Cl)cc3)n2CCc2ccc(OC)c(OC)c2)cc1. The maximum Gasteiger partial charge on any atom is 0.190 e. The maximum atomic E-state index is 6.12. The van der Waals surface area contributed by atoms with Gasteiger partial charge in [0.25, 0.3) is 0 Å². The van der Waals surface area contributed by atoms with Gasteiger partial charge in [0.05, 0.1) is 32.7 Å². The van der Waals surface area contributed by atoms with E-state index in [9.17, 15) is 0 Å². The number of hydrogen-bond acceptors (Lipinski definition) is 5. The van der Waals surface area contributed by atoms with E-state index >= 15 is 0 Å². The third-order valence-electron chi connectivity index (χ3n) is 5.31. The van der Waals surface area contributed by atoms with Crippen molar-refractivity contribution in [1.82, 2.24) is 4.57 Å². The first kappa shape index (κ1) is 23.0. The van der Waals surface area contributed by atoms with Crippen LogP contribution >= 0.6 is 22.9 Å². The van der Waals surface area contributed by atoms with Crippen molar-refractivity contribution in [3.8, 4) is 28.5 Å². The Kier molecular flexibility index (Phi) is 7.37. The summed E-state index contributed by atoms with van der Waals surface area (Å²) < 4.78 is 18.3. The van der Waals surface area contributed by atoms with E-state index in [0.717, 1.165) is 57.5 Å². The molecule has 0 bridgehead atoms. The van der Waals surface area contributed by atoms with Gasteiger partial charge in [0.15, 0.2) is 16.3 Å². The van der Waals surface area contributed by atoms with Crippen molar-refractivity contribution in [3.05, 3.63) is 87.5 Å². The summed E-state index contributed by atoms with van der Waals surface area (Å²) >= 11 is 7.73. The van der Waals surface area contributed by atoms with Gasteiger partial charge in [-0.1, -0.05) is 29.8 Å². The Balaban J connectivity index is 1.71. The fourth-order valence-electron chi connectivity index (χ4n) is 3.53. The second-order valence-corrected chi connectivity index (χ2v) is 8.58. The van der Waals surface area contributed by atoms with Crippen LogP contribution in [0.25, 0.3) is 11.3 Å². The van der Waals surface area contributed by atoms with E-state index in [1.54, 1.807) is 32.7 Å². The van der Waals surface area contributed by atoms with Gasteiger partial charge in [0.1, 0.15) is 5.75 Å². The summed E-state index contributed by atoms with van der Waals surface area (Å²) in [4.78, 5) is 5.83. The number of ether oxygens (including phenoxy) is 3. The third kappa shape index (κ3) is 5.41. The Bertz CT molecular complexity index is 1280. The fraction of sp³-hybridized carbons (Fsp3) is 0.192. The fourth-order valence-corrected chi connectivity index (χ4v) is 4.61. The van der Waals surface area contributed by atoms with Crippen molar-refractivity contribution in [2.45, 2.75) is 13.0 Å². The highest BCUT2D eigenvalue weighted by Crippen LogP contribution is 2.28. The molecular formula is C26H25ClN2O3S. The number of methoxy groups -OCH3 is 3. The molecule has 0 aliphatic heterocycles. The van der Waals surface area contributed by atoms with Crippen molar-refractivity contribution in [1.29, 1.82) is 0 Å². The first-order valence-electron chi connectivity index (χ1n) is 10.4. The van der Waals surface area contributed by atoms with Gasteiger partial charge in [-0.3, -0.25) is 0 Å². The number of thiazole rings is 1. The summed E-state index contributed by atoms with van der Waals surface area (Å²) in [6.07, 6.45) is 0.813. The molecule has 3 aromatic carbocycles. The highest BCUT2D eigenvalue weighted by atomic mass is 35.5. The van der Waals surface area contributed by atoms with Crippen LogP contribution in [0.15, 0.2) is 77.1 Å². The van der Waals surface area contributed by atoms with Crippen LogP contribution in [0, 0.1) is 0 Å². The summed E-state index contributed by atoms with van der Waals surface area (Å²) in [5.41, 5.74) is 4.23. The van der Waals surface area contributed by atoms with Crippen LogP contribution in [-0.2, 0) is 13.0 Å². The zero-order valence-electron chi connectivity index (χ0n) is 18.7. The molecule has 0 amide bonds. The monoisotopic (exact) mass is 480 g/mol. The molecule has 0 fully saturated rings. The highest BCUT2D eigenvalue weighted by Gasteiger charge is 2.10. The molecule has 0 atom stereocenters. The van der Waals surface area contributed by atoms with Crippen LogP contribution in [-0.4, -0.2) is 25.9 Å². The number of aromatic nitrogens is 1. The van der Waals surface area contributed by atoms with Crippen LogP contribution < -0.4 is 19.0 Å². The van der Waals surface area contributed by atoms with Gasteiger partial charge in [0, 0.05) is 16.9 Å². The second kappa shape index (κ2) is 10.6. The van der Waals surface area contributed by atoms with Crippen LogP contribution in [0.4, 0.5) is 5.69 Å². The normalized spacial score (nSPS) is 11.5. The molecule has 0 saturated carbocycles. The third-order valence-corrected chi connectivity index (χ3v) is 6.42. The molecule has 4 rings (SSSR count). The molecule has 0 spiro atoms. The zero-order chi connectivity index (χ0) is 23.2. The number of nitrogens with zero attached hydrogens (tertiary/aromatic N) is 2. The smallest absolute Gasteiger partial charge is 0.190 e. The van der Waals surface area contributed by atoms with Crippen LogP contribution in [0.3, 0.4) is 0 Å². The molecule has 4 aromatic rings. The minimum atomic E-state index is 0.717. The Hall–Kier alpha value is -3.22. The van der Waals surface area contributed by atoms with Crippen molar-refractivity contribution < 1.29 is 14.2 Å². The first-order valence-corrected chi connectivity index (χ1v) is 11.7. The molecule has 0 unspecified atom stereocenters. The lowest BCUT2D eigenvalue weighted by Crippen LogP contribution is -2.17. The van der Waals surface area contributed by atoms with E-state index in [-0.39, 0.29) is 0 Å². The average molecular weight is 481 g/mol. The topological polar surface area (TPSA) is 45.0 Å². The molecule has 5 nitrogen and oxygen atoms in total. The van der Waals surface area contributed by atoms with Crippen molar-refractivity contribution in [2.75, 3.05) is 21.3 Å². The molecule has 0 N–H and O–H groups in total. The lowest BCUT2D eigenvalue weighted by molar-refractivity contribution is 0.354. The predicted molar refractivity (Wildman–Crippen MR) is 134 cm³/mol. The number of benzene rings is 3. The van der Waals surface area contributed by atoms with E-state index in [4.69, 9.17) is 30.8 Å². The number of halogens is 1. The quantitative estimate of drug-likeness (QED) is 0.294. The molecule has 7 heteroatoms. The van der Waals surface area contributed by atoms with Gasteiger partial charge in [-0.25, -0.2) is 4.99 Å². The molecule has 1 heterocycles. The second-order valence-electron chi connectivity index (χ2n) is 7.31. The van der Waals surface area contributed by atoms with E-state index in [1.165, 1.54) is 0 Å². The molecular weight excluding hydrogens is 456 g/mol. The molecule has 33 heavy (non-hydrogen) atoms. The average Bonchev–Trinajstić information content (AvgIpc) is 3.25. The summed E-state index contributed by atoms with van der Waals surface area (Å²) in [7, 11) is 4.95. The lowest BCUT2D eigenvalue weighted by atomic mass is 10.1. The standard InChI is InChI=1S/C26H25ClN2O3S/c1-30-22-11-9-21(10-12-22)28-26-29(23(17-33-26)19-5-7-20(27)8-6-19)15-14-18-4-13-24(31-2)25(16-18)32-3/h4-13,16-17H,14-15H2,1-3H3. The van der Waals surface area contributed by atoms with Crippen LogP contribution in [0.1, 0.15) is 5.56 Å². The van der Waals surface area contributed by atoms with E-state index in [0.29, 0.717) is 5.02 Å².